The smallest absolute Gasteiger partial charge is 0.255 e. The van der Waals surface area contributed by atoms with Crippen molar-refractivity contribution >= 4 is 22.6 Å². The summed E-state index contributed by atoms with van der Waals surface area (Å²) in [4.78, 5) is 25.4. The molecule has 2 heterocycles. The first-order valence-electron chi connectivity index (χ1n) is 10.8. The van der Waals surface area contributed by atoms with Crippen molar-refractivity contribution in [1.29, 1.82) is 0 Å². The summed E-state index contributed by atoms with van der Waals surface area (Å²) in [7, 11) is 0. The summed E-state index contributed by atoms with van der Waals surface area (Å²) < 4.78 is 25.8. The average molecular weight is 475 g/mol. The van der Waals surface area contributed by atoms with Gasteiger partial charge in [0.2, 0.25) is 5.82 Å². The largest absolute Gasteiger partial charge is 0.491 e. The van der Waals surface area contributed by atoms with Crippen LogP contribution in [0.25, 0.3) is 22.6 Å². The molecule has 1 unspecified atom stereocenters. The van der Waals surface area contributed by atoms with E-state index in [1.807, 2.05) is 19.1 Å². The number of H-pyrrole nitrogens is 1. The highest BCUT2D eigenvalue weighted by Crippen LogP contribution is 2.27. The highest BCUT2D eigenvalue weighted by Gasteiger charge is 2.17. The standard InChI is InChI=1S/C25H22FN5O4/c1-3-4-5-6-7-15(2)34-18-10-8-16(9-11-18)25(33)27-20-13-17(26)12-19-21(32)14-22(35-23(19)20)24-28-30-31-29-24/h3-5,8-15H,1,6-7H2,2H3,(H,27,33)(H,28,29,30,31)/b5-4+. The predicted octanol–water partition coefficient (Wildman–Crippen LogP) is 4.65. The number of nitrogens with zero attached hydrogens (tertiary/aromatic N) is 3. The number of tetrazole rings is 1. The molecule has 178 valence electrons. The summed E-state index contributed by atoms with van der Waals surface area (Å²) in [6.45, 7) is 5.60. The SMILES string of the molecule is C=C/C=C/CCC(C)Oc1ccc(C(=O)Nc2cc(F)cc3c(=O)cc(-c4nn[nH]n4)oc23)cc1. The summed E-state index contributed by atoms with van der Waals surface area (Å²) in [5, 5.41) is 15.8. The normalized spacial score (nSPS) is 12.1. The number of anilines is 1. The summed E-state index contributed by atoms with van der Waals surface area (Å²) in [6, 6.07) is 9.80. The second kappa shape index (κ2) is 10.6. The zero-order chi connectivity index (χ0) is 24.8. The number of aromatic nitrogens is 4. The van der Waals surface area contributed by atoms with Crippen molar-refractivity contribution in [2.75, 3.05) is 5.32 Å². The van der Waals surface area contributed by atoms with E-state index in [0.29, 0.717) is 11.3 Å². The second-order valence-electron chi connectivity index (χ2n) is 7.69. The van der Waals surface area contributed by atoms with Crippen LogP contribution >= 0.6 is 0 Å². The van der Waals surface area contributed by atoms with Gasteiger partial charge in [0.05, 0.1) is 17.2 Å². The number of rotatable bonds is 9. The molecule has 0 fully saturated rings. The van der Waals surface area contributed by atoms with Gasteiger partial charge in [-0.05, 0) is 55.3 Å². The molecule has 0 radical (unpaired) electrons. The molecule has 10 heteroatoms. The Kier molecular flexibility index (Phi) is 7.10. The first-order chi connectivity index (χ1) is 16.9. The van der Waals surface area contributed by atoms with Gasteiger partial charge in [0.25, 0.3) is 5.91 Å². The van der Waals surface area contributed by atoms with Crippen LogP contribution in [0, 0.1) is 5.82 Å². The van der Waals surface area contributed by atoms with Crippen LogP contribution < -0.4 is 15.5 Å². The minimum absolute atomic E-state index is 0.00558. The van der Waals surface area contributed by atoms with E-state index in [2.05, 4.69) is 32.5 Å². The zero-order valence-electron chi connectivity index (χ0n) is 18.8. The molecule has 0 aliphatic heterocycles. The van der Waals surface area contributed by atoms with Crippen LogP contribution in [0.3, 0.4) is 0 Å². The monoisotopic (exact) mass is 475 g/mol. The third-order valence-corrected chi connectivity index (χ3v) is 5.07. The Balaban J connectivity index is 1.53. The second-order valence-corrected chi connectivity index (χ2v) is 7.69. The van der Waals surface area contributed by atoms with Crippen LogP contribution in [0.4, 0.5) is 10.1 Å². The van der Waals surface area contributed by atoms with Crippen molar-refractivity contribution in [2.24, 2.45) is 0 Å². The van der Waals surface area contributed by atoms with E-state index in [9.17, 15) is 14.0 Å². The summed E-state index contributed by atoms with van der Waals surface area (Å²) in [6.07, 6.45) is 7.31. The van der Waals surface area contributed by atoms with Crippen LogP contribution in [0.15, 0.2) is 76.5 Å². The van der Waals surface area contributed by atoms with Crippen molar-refractivity contribution in [3.05, 3.63) is 88.9 Å². The number of carbonyl (C=O) groups is 1. The molecular formula is C25H22FN5O4. The van der Waals surface area contributed by atoms with Crippen LogP contribution in [-0.2, 0) is 0 Å². The van der Waals surface area contributed by atoms with Crippen molar-refractivity contribution in [1.82, 2.24) is 20.6 Å². The van der Waals surface area contributed by atoms with Gasteiger partial charge in [0, 0.05) is 17.7 Å². The minimum atomic E-state index is -0.701. The van der Waals surface area contributed by atoms with Crippen LogP contribution in [0.1, 0.15) is 30.1 Å². The van der Waals surface area contributed by atoms with Crippen molar-refractivity contribution < 1.29 is 18.3 Å². The van der Waals surface area contributed by atoms with E-state index in [1.165, 1.54) is 0 Å². The van der Waals surface area contributed by atoms with E-state index >= 15 is 0 Å². The molecule has 9 nitrogen and oxygen atoms in total. The predicted molar refractivity (Wildman–Crippen MR) is 129 cm³/mol. The number of fused-ring (bicyclic) bond motifs is 1. The third kappa shape index (κ3) is 5.67. The molecule has 0 saturated heterocycles. The maximum absolute atomic E-state index is 14.2. The molecule has 1 atom stereocenters. The number of halogens is 1. The Morgan fingerprint density at radius 3 is 2.80 bits per heavy atom. The van der Waals surface area contributed by atoms with Crippen molar-refractivity contribution in [3.8, 4) is 17.3 Å². The lowest BCUT2D eigenvalue weighted by atomic mass is 10.1. The fraction of sp³-hybridized carbons (Fsp3) is 0.160. The van der Waals surface area contributed by atoms with Gasteiger partial charge >= 0.3 is 0 Å². The Morgan fingerprint density at radius 1 is 1.29 bits per heavy atom. The lowest BCUT2D eigenvalue weighted by Crippen LogP contribution is -2.14. The van der Waals surface area contributed by atoms with E-state index in [-0.39, 0.29) is 34.3 Å². The van der Waals surface area contributed by atoms with Gasteiger partial charge in [0.15, 0.2) is 16.8 Å². The summed E-state index contributed by atoms with van der Waals surface area (Å²) in [5.74, 6) is -0.526. The number of benzene rings is 2. The molecular weight excluding hydrogens is 453 g/mol. The molecule has 1 amide bonds. The number of hydrogen-bond donors (Lipinski definition) is 2. The lowest BCUT2D eigenvalue weighted by Gasteiger charge is -2.14. The average Bonchev–Trinajstić information content (AvgIpc) is 3.38. The Morgan fingerprint density at radius 2 is 2.09 bits per heavy atom. The molecule has 4 aromatic rings. The molecule has 0 aliphatic carbocycles. The van der Waals surface area contributed by atoms with Crippen molar-refractivity contribution in [3.63, 3.8) is 0 Å². The number of hydrogen-bond acceptors (Lipinski definition) is 7. The summed E-state index contributed by atoms with van der Waals surface area (Å²) in [5.41, 5.74) is -0.218. The van der Waals surface area contributed by atoms with Crippen LogP contribution in [0.5, 0.6) is 5.75 Å². The van der Waals surface area contributed by atoms with Gasteiger partial charge < -0.3 is 14.5 Å². The van der Waals surface area contributed by atoms with Crippen LogP contribution in [-0.4, -0.2) is 32.6 Å². The van der Waals surface area contributed by atoms with Gasteiger partial charge in [-0.15, -0.1) is 10.2 Å². The number of aromatic amines is 1. The third-order valence-electron chi connectivity index (χ3n) is 5.07. The quantitative estimate of drug-likeness (QED) is 0.338. The van der Waals surface area contributed by atoms with E-state index in [0.717, 1.165) is 31.0 Å². The van der Waals surface area contributed by atoms with Crippen molar-refractivity contribution in [2.45, 2.75) is 25.9 Å². The first kappa shape index (κ1) is 23.6. The summed E-state index contributed by atoms with van der Waals surface area (Å²) >= 11 is 0. The van der Waals surface area contributed by atoms with Gasteiger partial charge in [-0.1, -0.05) is 24.8 Å². The minimum Gasteiger partial charge on any atom is -0.491 e. The Labute approximate surface area is 199 Å². The van der Waals surface area contributed by atoms with Gasteiger partial charge in [-0.25, -0.2) is 4.39 Å². The maximum Gasteiger partial charge on any atom is 0.255 e. The number of allylic oxidation sites excluding steroid dienone is 3. The van der Waals surface area contributed by atoms with E-state index < -0.39 is 17.2 Å². The van der Waals surface area contributed by atoms with Gasteiger partial charge in [-0.2, -0.15) is 5.21 Å². The molecule has 0 saturated carbocycles. The molecule has 2 aromatic heterocycles. The number of ether oxygens (including phenoxy) is 1. The van der Waals surface area contributed by atoms with E-state index in [4.69, 9.17) is 9.15 Å². The molecule has 4 rings (SSSR count). The highest BCUT2D eigenvalue weighted by atomic mass is 19.1. The Hall–Kier alpha value is -4.60. The van der Waals surface area contributed by atoms with Gasteiger partial charge in [0.1, 0.15) is 11.6 Å². The van der Waals surface area contributed by atoms with Crippen LogP contribution in [0.2, 0.25) is 0 Å². The number of carbonyl (C=O) groups excluding carboxylic acids is 1. The number of amides is 1. The maximum atomic E-state index is 14.2. The zero-order valence-corrected chi connectivity index (χ0v) is 18.8. The highest BCUT2D eigenvalue weighted by molar-refractivity contribution is 6.08. The molecule has 2 aromatic carbocycles. The first-order valence-corrected chi connectivity index (χ1v) is 10.8. The number of nitrogens with one attached hydrogen (secondary N) is 2. The van der Waals surface area contributed by atoms with Gasteiger partial charge in [-0.3, -0.25) is 9.59 Å². The molecule has 0 bridgehead atoms. The topological polar surface area (TPSA) is 123 Å². The fourth-order valence-electron chi connectivity index (χ4n) is 3.39. The molecule has 0 aliphatic rings. The lowest BCUT2D eigenvalue weighted by molar-refractivity contribution is 0.102. The Bertz CT molecular complexity index is 1430. The molecule has 2 N–H and O–H groups in total. The van der Waals surface area contributed by atoms with E-state index in [1.54, 1.807) is 30.3 Å². The molecule has 35 heavy (non-hydrogen) atoms. The molecule has 0 spiro atoms. The fourth-order valence-corrected chi connectivity index (χ4v) is 3.39.